The van der Waals surface area contributed by atoms with Crippen molar-refractivity contribution in [2.24, 2.45) is 0 Å². The second-order valence-electron chi connectivity index (χ2n) is 6.07. The van der Waals surface area contributed by atoms with Gasteiger partial charge in [0.1, 0.15) is 36.6 Å². The number of hydrogen-bond donors (Lipinski definition) is 4. The Balaban J connectivity index is 2.23. The summed E-state index contributed by atoms with van der Waals surface area (Å²) in [5.41, 5.74) is 0. The summed E-state index contributed by atoms with van der Waals surface area (Å²) < 4.78 is 30.0. The number of hydrogen-bond acceptors (Lipinski definition) is 12. The molecule has 0 aromatic carbocycles. The maximum atomic E-state index is 11.9. The van der Waals surface area contributed by atoms with Gasteiger partial charge in [-0.15, -0.1) is 0 Å². The Bertz CT molecular complexity index is 527. The summed E-state index contributed by atoms with van der Waals surface area (Å²) in [7, 11) is 3.38. The first-order valence-electron chi connectivity index (χ1n) is 8.10. The van der Waals surface area contributed by atoms with Crippen molar-refractivity contribution in [3.05, 3.63) is 0 Å². The molecule has 0 amide bonds. The number of carbonyl (C=O) groups is 2. The maximum Gasteiger partial charge on any atom is 0.337 e. The van der Waals surface area contributed by atoms with E-state index in [4.69, 9.17) is 18.9 Å². The van der Waals surface area contributed by atoms with Gasteiger partial charge in [0.15, 0.2) is 18.5 Å². The Morgan fingerprint density at radius 3 is 2.00 bits per heavy atom. The van der Waals surface area contributed by atoms with Crippen LogP contribution in [-0.4, -0.2) is 115 Å². The van der Waals surface area contributed by atoms with E-state index in [1.807, 2.05) is 0 Å². The lowest BCUT2D eigenvalue weighted by Crippen LogP contribution is -2.64. The molecule has 156 valence electrons. The molecule has 5 unspecified atom stereocenters. The van der Waals surface area contributed by atoms with Gasteiger partial charge >= 0.3 is 11.9 Å². The molecule has 0 aliphatic carbocycles. The first-order chi connectivity index (χ1) is 12.8. The van der Waals surface area contributed by atoms with Gasteiger partial charge in [0.2, 0.25) is 0 Å². The molecule has 9 atom stereocenters. The standard InChI is InChI=1S/C15H24O12/c1-22-9-7(18)8(19)15(27-12(9)14(21)24-3)26-10-6(17)5(16)4-25-11(10)13(20)23-2/h5-12,15-19H,4H2,1-3H3/t5-,6+,7?,8?,9?,10?,11?,12-,15+/m1/s1. The first kappa shape index (κ1) is 21.9. The molecule has 2 heterocycles. The Labute approximate surface area is 154 Å². The molecule has 0 saturated carbocycles. The maximum absolute atomic E-state index is 11.9. The van der Waals surface area contributed by atoms with Crippen LogP contribution in [0.4, 0.5) is 0 Å². The van der Waals surface area contributed by atoms with Gasteiger partial charge in [-0.25, -0.2) is 9.59 Å². The minimum atomic E-state index is -1.71. The zero-order valence-corrected chi connectivity index (χ0v) is 15.0. The van der Waals surface area contributed by atoms with E-state index in [0.717, 1.165) is 14.2 Å². The average molecular weight is 396 g/mol. The highest BCUT2D eigenvalue weighted by Crippen LogP contribution is 2.29. The summed E-state index contributed by atoms with van der Waals surface area (Å²) >= 11 is 0. The molecule has 0 bridgehead atoms. The molecule has 2 fully saturated rings. The van der Waals surface area contributed by atoms with Crippen molar-refractivity contribution in [3.8, 4) is 0 Å². The Morgan fingerprint density at radius 1 is 0.852 bits per heavy atom. The SMILES string of the molecule is COC(=O)C1OC[C@@H](O)[C@H](O)C1O[C@H]1O[C@@H](C(=O)OC)C(OC)C(O)C1O. The fourth-order valence-corrected chi connectivity index (χ4v) is 2.94. The number of rotatable bonds is 5. The lowest BCUT2D eigenvalue weighted by atomic mass is 9.97. The second kappa shape index (κ2) is 9.21. The average Bonchev–Trinajstić information content (AvgIpc) is 2.67. The van der Waals surface area contributed by atoms with Crippen LogP contribution in [0.3, 0.4) is 0 Å². The predicted molar refractivity (Wildman–Crippen MR) is 82.1 cm³/mol. The molecular formula is C15H24O12. The highest BCUT2D eigenvalue weighted by molar-refractivity contribution is 5.76. The Kier molecular flexibility index (Phi) is 7.47. The quantitative estimate of drug-likeness (QED) is 0.336. The fraction of sp³-hybridized carbons (Fsp3) is 0.867. The summed E-state index contributed by atoms with van der Waals surface area (Å²) in [4.78, 5) is 23.8. The normalized spacial score (nSPS) is 42.4. The van der Waals surface area contributed by atoms with Gasteiger partial charge in [-0.1, -0.05) is 0 Å². The highest BCUT2D eigenvalue weighted by Gasteiger charge is 2.52. The summed E-state index contributed by atoms with van der Waals surface area (Å²) in [6.45, 7) is -0.353. The number of aliphatic hydroxyl groups excluding tert-OH is 4. The van der Waals surface area contributed by atoms with Crippen LogP contribution in [0.5, 0.6) is 0 Å². The monoisotopic (exact) mass is 396 g/mol. The minimum absolute atomic E-state index is 0.353. The van der Waals surface area contributed by atoms with Gasteiger partial charge in [0.25, 0.3) is 0 Å². The van der Waals surface area contributed by atoms with E-state index in [9.17, 15) is 30.0 Å². The van der Waals surface area contributed by atoms with Crippen molar-refractivity contribution in [2.45, 2.75) is 55.1 Å². The van der Waals surface area contributed by atoms with E-state index >= 15 is 0 Å². The van der Waals surface area contributed by atoms with Crippen LogP contribution >= 0.6 is 0 Å². The number of carbonyl (C=O) groups excluding carboxylic acids is 2. The van der Waals surface area contributed by atoms with Crippen LogP contribution in [0.1, 0.15) is 0 Å². The van der Waals surface area contributed by atoms with Gasteiger partial charge in [-0.3, -0.25) is 0 Å². The molecule has 12 heteroatoms. The van der Waals surface area contributed by atoms with E-state index in [1.54, 1.807) is 0 Å². The second-order valence-corrected chi connectivity index (χ2v) is 6.07. The smallest absolute Gasteiger partial charge is 0.337 e. The zero-order valence-electron chi connectivity index (χ0n) is 15.0. The van der Waals surface area contributed by atoms with Gasteiger partial charge in [0.05, 0.1) is 20.8 Å². The summed E-state index contributed by atoms with van der Waals surface area (Å²) in [5, 5.41) is 40.4. The topological polar surface area (TPSA) is 170 Å². The fourth-order valence-electron chi connectivity index (χ4n) is 2.94. The van der Waals surface area contributed by atoms with Gasteiger partial charge in [-0.05, 0) is 0 Å². The number of ether oxygens (including phenoxy) is 6. The third-order valence-electron chi connectivity index (χ3n) is 4.45. The van der Waals surface area contributed by atoms with Gasteiger partial charge < -0.3 is 48.8 Å². The summed E-state index contributed by atoms with van der Waals surface area (Å²) in [5.74, 6) is -1.79. The predicted octanol–water partition coefficient (Wildman–Crippen LogP) is -3.70. The molecule has 0 radical (unpaired) electrons. The molecule has 27 heavy (non-hydrogen) atoms. The molecule has 2 aliphatic heterocycles. The first-order valence-corrected chi connectivity index (χ1v) is 8.10. The third kappa shape index (κ3) is 4.38. The van der Waals surface area contributed by atoms with E-state index < -0.39 is 67.1 Å². The van der Waals surface area contributed by atoms with Crippen LogP contribution < -0.4 is 0 Å². The molecule has 4 N–H and O–H groups in total. The van der Waals surface area contributed by atoms with Crippen molar-refractivity contribution in [1.29, 1.82) is 0 Å². The van der Waals surface area contributed by atoms with E-state index in [0.29, 0.717) is 0 Å². The number of aliphatic hydroxyl groups is 4. The largest absolute Gasteiger partial charge is 0.467 e. The van der Waals surface area contributed by atoms with E-state index in [1.165, 1.54) is 7.11 Å². The van der Waals surface area contributed by atoms with Crippen LogP contribution in [0.2, 0.25) is 0 Å². The number of esters is 2. The molecule has 2 aliphatic rings. The molecule has 0 aromatic heterocycles. The van der Waals surface area contributed by atoms with Crippen molar-refractivity contribution in [3.63, 3.8) is 0 Å². The van der Waals surface area contributed by atoms with Crippen LogP contribution in [0.25, 0.3) is 0 Å². The lowest BCUT2D eigenvalue weighted by molar-refractivity contribution is -0.330. The van der Waals surface area contributed by atoms with Crippen molar-refractivity contribution >= 4 is 11.9 Å². The summed E-state index contributed by atoms with van der Waals surface area (Å²) in [6.07, 6.45) is -13.6. The van der Waals surface area contributed by atoms with Gasteiger partial charge in [0, 0.05) is 7.11 Å². The molecule has 0 aromatic rings. The molecule has 2 rings (SSSR count). The summed E-state index contributed by atoms with van der Waals surface area (Å²) in [6, 6.07) is 0. The molecule has 12 nitrogen and oxygen atoms in total. The zero-order chi connectivity index (χ0) is 20.3. The minimum Gasteiger partial charge on any atom is -0.467 e. The molecule has 0 spiro atoms. The van der Waals surface area contributed by atoms with Crippen molar-refractivity contribution in [1.82, 2.24) is 0 Å². The number of methoxy groups -OCH3 is 3. The van der Waals surface area contributed by atoms with Crippen molar-refractivity contribution in [2.75, 3.05) is 27.9 Å². The van der Waals surface area contributed by atoms with Crippen LogP contribution in [0.15, 0.2) is 0 Å². The molecule has 2 saturated heterocycles. The van der Waals surface area contributed by atoms with Crippen LogP contribution in [0, 0.1) is 0 Å². The lowest BCUT2D eigenvalue weighted by Gasteiger charge is -2.44. The molecular weight excluding hydrogens is 372 g/mol. The van der Waals surface area contributed by atoms with E-state index in [2.05, 4.69) is 9.47 Å². The highest BCUT2D eigenvalue weighted by atomic mass is 16.7. The van der Waals surface area contributed by atoms with Gasteiger partial charge in [-0.2, -0.15) is 0 Å². The Morgan fingerprint density at radius 2 is 1.44 bits per heavy atom. The van der Waals surface area contributed by atoms with Crippen LogP contribution in [-0.2, 0) is 38.0 Å². The van der Waals surface area contributed by atoms with Crippen molar-refractivity contribution < 1.29 is 58.4 Å². The third-order valence-corrected chi connectivity index (χ3v) is 4.45. The Hall–Kier alpha value is -1.38. The van der Waals surface area contributed by atoms with E-state index in [-0.39, 0.29) is 6.61 Å².